The van der Waals surface area contributed by atoms with Gasteiger partial charge in [0, 0.05) is 26.8 Å². The molecule has 0 spiro atoms. The molecule has 0 radical (unpaired) electrons. The first-order valence-corrected chi connectivity index (χ1v) is 7.33. The van der Waals surface area contributed by atoms with Gasteiger partial charge in [0.15, 0.2) is 0 Å². The number of likely N-dealkylation sites (tertiary alicyclic amines) is 1. The number of nitrogens with zero attached hydrogens (tertiary/aromatic N) is 1. The number of nitrogens with one attached hydrogen (secondary N) is 1. The Morgan fingerprint density at radius 2 is 2.10 bits per heavy atom. The summed E-state index contributed by atoms with van der Waals surface area (Å²) in [5.74, 6) is -0.442. The molecule has 2 aliphatic rings. The fourth-order valence-electron chi connectivity index (χ4n) is 2.86. The lowest BCUT2D eigenvalue weighted by atomic mass is 9.85. The van der Waals surface area contributed by atoms with Crippen LogP contribution in [-0.2, 0) is 14.3 Å². The number of urea groups is 1. The van der Waals surface area contributed by atoms with E-state index in [0.29, 0.717) is 19.0 Å². The molecule has 0 aromatic rings. The summed E-state index contributed by atoms with van der Waals surface area (Å²) in [5, 5.41) is 12.1. The summed E-state index contributed by atoms with van der Waals surface area (Å²) >= 11 is 0. The maximum atomic E-state index is 12.3. The largest absolute Gasteiger partial charge is 0.481 e. The molecule has 2 N–H and O–H groups in total. The molecule has 2 atom stereocenters. The van der Waals surface area contributed by atoms with Crippen molar-refractivity contribution in [2.45, 2.75) is 25.8 Å². The van der Waals surface area contributed by atoms with Crippen molar-refractivity contribution in [2.24, 2.45) is 11.3 Å². The Morgan fingerprint density at radius 1 is 1.43 bits per heavy atom. The van der Waals surface area contributed by atoms with Gasteiger partial charge in [-0.05, 0) is 25.7 Å². The number of carbonyl (C=O) groups excluding carboxylic acids is 1. The molecule has 2 rings (SSSR count). The number of aliphatic carboxylic acids is 1. The lowest BCUT2D eigenvalue weighted by molar-refractivity contribution is -0.148. The van der Waals surface area contributed by atoms with Gasteiger partial charge in [-0.3, -0.25) is 4.79 Å². The molecule has 120 valence electrons. The van der Waals surface area contributed by atoms with E-state index in [2.05, 4.69) is 5.32 Å². The highest BCUT2D eigenvalue weighted by molar-refractivity contribution is 5.79. The van der Waals surface area contributed by atoms with Crippen molar-refractivity contribution in [1.29, 1.82) is 0 Å². The number of methoxy groups -OCH3 is 1. The lowest BCUT2D eigenvalue weighted by Gasteiger charge is -2.34. The minimum atomic E-state index is -1.05. The second-order valence-electron chi connectivity index (χ2n) is 6.13. The number of amides is 2. The topological polar surface area (TPSA) is 88.1 Å². The van der Waals surface area contributed by atoms with Crippen molar-refractivity contribution in [3.63, 3.8) is 0 Å². The number of carboxylic acid groups (broad SMARTS) is 1. The van der Waals surface area contributed by atoms with Crippen LogP contribution in [0.2, 0.25) is 0 Å². The number of hydrogen-bond acceptors (Lipinski definition) is 4. The van der Waals surface area contributed by atoms with E-state index in [1.54, 1.807) is 18.9 Å². The van der Waals surface area contributed by atoms with Crippen LogP contribution in [0.25, 0.3) is 0 Å². The molecular formula is C14H24N2O5. The van der Waals surface area contributed by atoms with E-state index in [1.807, 2.05) is 0 Å². The van der Waals surface area contributed by atoms with Crippen molar-refractivity contribution < 1.29 is 24.2 Å². The summed E-state index contributed by atoms with van der Waals surface area (Å²) in [7, 11) is 1.69. The third-order valence-corrected chi connectivity index (χ3v) is 4.55. The molecule has 2 unspecified atom stereocenters. The maximum Gasteiger partial charge on any atom is 0.317 e. The summed E-state index contributed by atoms with van der Waals surface area (Å²) in [6.07, 6.45) is 1.83. The van der Waals surface area contributed by atoms with Crippen LogP contribution >= 0.6 is 0 Å². The molecule has 2 amide bonds. The van der Waals surface area contributed by atoms with Gasteiger partial charge in [0.25, 0.3) is 0 Å². The normalized spacial score (nSPS) is 30.4. The van der Waals surface area contributed by atoms with Gasteiger partial charge in [-0.1, -0.05) is 0 Å². The molecule has 0 saturated carbocycles. The van der Waals surface area contributed by atoms with Crippen LogP contribution in [0.15, 0.2) is 0 Å². The Labute approximate surface area is 124 Å². The van der Waals surface area contributed by atoms with E-state index in [4.69, 9.17) is 9.47 Å². The van der Waals surface area contributed by atoms with Gasteiger partial charge in [0.1, 0.15) is 5.41 Å². The molecule has 21 heavy (non-hydrogen) atoms. The smallest absolute Gasteiger partial charge is 0.317 e. The van der Waals surface area contributed by atoms with Crippen LogP contribution in [-0.4, -0.2) is 68.1 Å². The fourth-order valence-corrected chi connectivity index (χ4v) is 2.86. The van der Waals surface area contributed by atoms with E-state index in [0.717, 1.165) is 19.4 Å². The van der Waals surface area contributed by atoms with Gasteiger partial charge < -0.3 is 24.8 Å². The number of rotatable bonds is 4. The summed E-state index contributed by atoms with van der Waals surface area (Å²) in [5.41, 5.74) is -1.05. The molecule has 0 aromatic heterocycles. The molecular weight excluding hydrogens is 276 g/mol. The summed E-state index contributed by atoms with van der Waals surface area (Å²) in [4.78, 5) is 25.4. The SMILES string of the molecule is COCC1CCN(C(=O)NC2COCC2(C)C(=O)O)CC1. The maximum absolute atomic E-state index is 12.3. The lowest BCUT2D eigenvalue weighted by Crippen LogP contribution is -2.54. The summed E-state index contributed by atoms with van der Waals surface area (Å²) < 4.78 is 10.4. The van der Waals surface area contributed by atoms with Gasteiger partial charge in [0.2, 0.25) is 0 Å². The highest BCUT2D eigenvalue weighted by Crippen LogP contribution is 2.29. The average molecular weight is 300 g/mol. The molecule has 2 heterocycles. The molecule has 7 heteroatoms. The molecule has 0 bridgehead atoms. The van der Waals surface area contributed by atoms with Crippen LogP contribution in [0, 0.1) is 11.3 Å². The Kier molecular flexibility index (Phi) is 5.05. The van der Waals surface area contributed by atoms with Crippen molar-refractivity contribution in [1.82, 2.24) is 10.2 Å². The van der Waals surface area contributed by atoms with Gasteiger partial charge in [-0.2, -0.15) is 0 Å². The number of piperidine rings is 1. The molecule has 7 nitrogen and oxygen atoms in total. The van der Waals surface area contributed by atoms with Crippen LogP contribution in [0.3, 0.4) is 0 Å². The van der Waals surface area contributed by atoms with Crippen molar-refractivity contribution in [3.05, 3.63) is 0 Å². The Morgan fingerprint density at radius 3 is 2.67 bits per heavy atom. The monoisotopic (exact) mass is 300 g/mol. The molecule has 0 aromatic carbocycles. The molecule has 2 aliphatic heterocycles. The summed E-state index contributed by atoms with van der Waals surface area (Å²) in [6, 6.07) is -0.687. The minimum Gasteiger partial charge on any atom is -0.481 e. The zero-order valence-electron chi connectivity index (χ0n) is 12.6. The first kappa shape index (κ1) is 16.0. The number of carbonyl (C=O) groups is 2. The molecule has 2 fully saturated rings. The second-order valence-corrected chi connectivity index (χ2v) is 6.13. The number of ether oxygens (including phenoxy) is 2. The van der Waals surface area contributed by atoms with E-state index in [1.165, 1.54) is 0 Å². The first-order chi connectivity index (χ1) is 9.97. The molecule has 2 saturated heterocycles. The van der Waals surface area contributed by atoms with E-state index >= 15 is 0 Å². The third kappa shape index (κ3) is 3.47. The number of hydrogen-bond donors (Lipinski definition) is 2. The quantitative estimate of drug-likeness (QED) is 0.791. The standard InChI is InChI=1S/C14H24N2O5/c1-14(12(17)18)9-21-8-11(14)15-13(19)16-5-3-10(4-6-16)7-20-2/h10-11H,3-9H2,1-2H3,(H,15,19)(H,17,18). The third-order valence-electron chi connectivity index (χ3n) is 4.55. The Hall–Kier alpha value is -1.34. The van der Waals surface area contributed by atoms with Gasteiger partial charge in [0.05, 0.1) is 19.3 Å². The Balaban J connectivity index is 1.86. The van der Waals surface area contributed by atoms with Gasteiger partial charge in [-0.25, -0.2) is 4.79 Å². The summed E-state index contributed by atoms with van der Waals surface area (Å²) in [6.45, 7) is 4.06. The first-order valence-electron chi connectivity index (χ1n) is 7.33. The van der Waals surface area contributed by atoms with Crippen molar-refractivity contribution in [2.75, 3.05) is 40.0 Å². The van der Waals surface area contributed by atoms with Crippen molar-refractivity contribution in [3.8, 4) is 0 Å². The van der Waals surface area contributed by atoms with Gasteiger partial charge in [-0.15, -0.1) is 0 Å². The van der Waals surface area contributed by atoms with Crippen LogP contribution in [0.4, 0.5) is 4.79 Å². The highest BCUT2D eigenvalue weighted by atomic mass is 16.5. The van der Waals surface area contributed by atoms with Crippen LogP contribution in [0.1, 0.15) is 19.8 Å². The zero-order chi connectivity index (χ0) is 15.5. The van der Waals surface area contributed by atoms with Crippen LogP contribution < -0.4 is 5.32 Å². The van der Waals surface area contributed by atoms with Gasteiger partial charge >= 0.3 is 12.0 Å². The fraction of sp³-hybridized carbons (Fsp3) is 0.857. The van der Waals surface area contributed by atoms with E-state index in [-0.39, 0.29) is 19.2 Å². The predicted molar refractivity (Wildman–Crippen MR) is 75.1 cm³/mol. The highest BCUT2D eigenvalue weighted by Gasteiger charge is 2.47. The van der Waals surface area contributed by atoms with E-state index < -0.39 is 17.4 Å². The van der Waals surface area contributed by atoms with Crippen molar-refractivity contribution >= 4 is 12.0 Å². The van der Waals surface area contributed by atoms with Crippen LogP contribution in [0.5, 0.6) is 0 Å². The zero-order valence-corrected chi connectivity index (χ0v) is 12.6. The average Bonchev–Trinajstić information content (AvgIpc) is 2.83. The Bertz CT molecular complexity index is 395. The number of carboxylic acids is 1. The predicted octanol–water partition coefficient (Wildman–Crippen LogP) is 0.544. The van der Waals surface area contributed by atoms with E-state index in [9.17, 15) is 14.7 Å². The second kappa shape index (κ2) is 6.62. The minimum absolute atomic E-state index is 0.128. The molecule has 0 aliphatic carbocycles.